The summed E-state index contributed by atoms with van der Waals surface area (Å²) in [7, 11) is 1.45. The van der Waals surface area contributed by atoms with Gasteiger partial charge >= 0.3 is 6.09 Å². The predicted octanol–water partition coefficient (Wildman–Crippen LogP) is 2.19. The second-order valence-electron chi connectivity index (χ2n) is 6.59. The Bertz CT molecular complexity index is 910. The Morgan fingerprint density at radius 3 is 2.89 bits per heavy atom. The van der Waals surface area contributed by atoms with Crippen molar-refractivity contribution in [3.8, 4) is 0 Å². The fourth-order valence-corrected chi connectivity index (χ4v) is 3.14. The van der Waals surface area contributed by atoms with Crippen LogP contribution < -0.4 is 4.90 Å². The molecule has 2 fully saturated rings. The minimum absolute atomic E-state index is 0.330. The van der Waals surface area contributed by atoms with Crippen LogP contribution in [0.4, 0.5) is 10.5 Å². The van der Waals surface area contributed by atoms with E-state index in [1.807, 2.05) is 24.3 Å². The summed E-state index contributed by atoms with van der Waals surface area (Å²) in [6.45, 7) is 8.16. The van der Waals surface area contributed by atoms with Gasteiger partial charge in [-0.05, 0) is 24.3 Å². The number of ether oxygens (including phenoxy) is 1. The Kier molecular flexibility index (Phi) is 4.24. The lowest BCUT2D eigenvalue weighted by atomic mass is 10.1. The van der Waals surface area contributed by atoms with Crippen molar-refractivity contribution in [1.29, 1.82) is 0 Å². The summed E-state index contributed by atoms with van der Waals surface area (Å²) in [6, 6.07) is 7.61. The fraction of sp³-hybridized carbons (Fsp3) is 0.389. The van der Waals surface area contributed by atoms with Crippen molar-refractivity contribution < 1.29 is 14.4 Å². The van der Waals surface area contributed by atoms with Crippen LogP contribution in [0.15, 0.2) is 35.6 Å². The van der Waals surface area contributed by atoms with Crippen molar-refractivity contribution in [2.75, 3.05) is 18.6 Å². The molecular formula is C18H18N6O3. The number of hydrogen-bond donors (Lipinski definition) is 0. The molecule has 1 saturated heterocycles. The third kappa shape index (κ3) is 3.33. The number of cyclic esters (lactones) is 1. The molecule has 0 unspecified atom stereocenters. The number of rotatable bonds is 6. The minimum atomic E-state index is -0.389. The molecule has 27 heavy (non-hydrogen) atoms. The lowest BCUT2D eigenvalue weighted by Crippen LogP contribution is -2.26. The van der Waals surface area contributed by atoms with Gasteiger partial charge in [0, 0.05) is 24.1 Å². The molecule has 0 spiro atoms. The molecule has 2 aromatic rings. The van der Waals surface area contributed by atoms with Crippen LogP contribution in [-0.2, 0) is 21.7 Å². The zero-order chi connectivity index (χ0) is 18.9. The van der Waals surface area contributed by atoms with Crippen LogP contribution in [0, 0.1) is 6.57 Å². The van der Waals surface area contributed by atoms with Gasteiger partial charge in [-0.1, -0.05) is 10.4 Å². The maximum Gasteiger partial charge on any atom is 0.414 e. The topological polar surface area (TPSA) is 86.2 Å². The van der Waals surface area contributed by atoms with Crippen LogP contribution in [0.2, 0.25) is 0 Å². The molecule has 1 amide bonds. The van der Waals surface area contributed by atoms with E-state index in [4.69, 9.17) is 11.3 Å². The Balaban J connectivity index is 1.41. The Morgan fingerprint density at radius 2 is 2.22 bits per heavy atom. The van der Waals surface area contributed by atoms with Gasteiger partial charge in [0.1, 0.15) is 18.9 Å². The quantitative estimate of drug-likeness (QED) is 0.444. The monoisotopic (exact) mass is 366 g/mol. The number of benzene rings is 1. The second-order valence-corrected chi connectivity index (χ2v) is 6.59. The van der Waals surface area contributed by atoms with Crippen LogP contribution in [0.3, 0.4) is 0 Å². The zero-order valence-electron chi connectivity index (χ0n) is 14.8. The number of carbonyl (C=O) groups excluding carboxylic acids is 1. The summed E-state index contributed by atoms with van der Waals surface area (Å²) >= 11 is 0. The van der Waals surface area contributed by atoms with Crippen LogP contribution >= 0.6 is 0 Å². The van der Waals surface area contributed by atoms with Crippen molar-refractivity contribution >= 4 is 18.0 Å². The molecule has 1 atom stereocenters. The van der Waals surface area contributed by atoms with Crippen LogP contribution in [-0.4, -0.2) is 47.1 Å². The maximum absolute atomic E-state index is 12.2. The molecule has 2 heterocycles. The number of amides is 1. The summed E-state index contributed by atoms with van der Waals surface area (Å²) < 4.78 is 7.05. The second kappa shape index (κ2) is 6.72. The number of oxime groups is 1. The Labute approximate surface area is 156 Å². The number of hydrogen-bond acceptors (Lipinski definition) is 6. The molecule has 0 N–H and O–H groups in total. The molecule has 1 aliphatic heterocycles. The first-order chi connectivity index (χ1) is 13.1. The summed E-state index contributed by atoms with van der Waals surface area (Å²) in [5.41, 5.74) is 1.99. The molecule has 1 aromatic heterocycles. The number of anilines is 1. The van der Waals surface area contributed by atoms with Gasteiger partial charge in [0.2, 0.25) is 0 Å². The maximum atomic E-state index is 12.2. The molecule has 1 aliphatic carbocycles. The molecule has 1 aromatic carbocycles. The van der Waals surface area contributed by atoms with E-state index in [9.17, 15) is 4.79 Å². The highest BCUT2D eigenvalue weighted by atomic mass is 16.6. The molecule has 138 valence electrons. The number of nitrogens with zero attached hydrogens (tertiary/aromatic N) is 6. The predicted molar refractivity (Wildman–Crippen MR) is 96.2 cm³/mol. The van der Waals surface area contributed by atoms with Gasteiger partial charge in [0.15, 0.2) is 0 Å². The normalized spacial score (nSPS) is 20.5. The third-order valence-corrected chi connectivity index (χ3v) is 4.77. The van der Waals surface area contributed by atoms with Crippen molar-refractivity contribution in [3.63, 3.8) is 0 Å². The molecule has 0 bridgehead atoms. The highest BCUT2D eigenvalue weighted by molar-refractivity contribution is 5.89. The summed E-state index contributed by atoms with van der Waals surface area (Å²) in [4.78, 5) is 22.2. The SMILES string of the molecule is [C-]#[N+]C1(c2ccc(N3C[C@H](Cn4cc(C=NOC)nn4)OC3=O)cc2)CC1. The van der Waals surface area contributed by atoms with Gasteiger partial charge in [-0.3, -0.25) is 4.90 Å². The van der Waals surface area contributed by atoms with Gasteiger partial charge in [0.05, 0.1) is 25.5 Å². The molecule has 9 heteroatoms. The van der Waals surface area contributed by atoms with Crippen molar-refractivity contribution in [3.05, 3.63) is 53.1 Å². The van der Waals surface area contributed by atoms with Gasteiger partial charge in [-0.25, -0.2) is 16.0 Å². The first-order valence-electron chi connectivity index (χ1n) is 8.57. The van der Waals surface area contributed by atoms with Gasteiger partial charge in [-0.15, -0.1) is 5.10 Å². The molecule has 1 saturated carbocycles. The molecule has 4 rings (SSSR count). The van der Waals surface area contributed by atoms with Crippen molar-refractivity contribution in [2.45, 2.75) is 31.0 Å². The zero-order valence-corrected chi connectivity index (χ0v) is 14.8. The van der Waals surface area contributed by atoms with Crippen LogP contribution in [0.5, 0.6) is 0 Å². The molecule has 0 radical (unpaired) electrons. The van der Waals surface area contributed by atoms with Crippen molar-refractivity contribution in [1.82, 2.24) is 15.0 Å². The number of aromatic nitrogens is 3. The van der Waals surface area contributed by atoms with Gasteiger partial charge < -0.3 is 14.4 Å². The van der Waals surface area contributed by atoms with E-state index in [0.29, 0.717) is 18.8 Å². The van der Waals surface area contributed by atoms with E-state index in [-0.39, 0.29) is 17.7 Å². The van der Waals surface area contributed by atoms with E-state index in [2.05, 4.69) is 25.2 Å². The average Bonchev–Trinajstić information content (AvgIpc) is 3.23. The molecule has 2 aliphatic rings. The van der Waals surface area contributed by atoms with Crippen LogP contribution in [0.25, 0.3) is 4.85 Å². The van der Waals surface area contributed by atoms with E-state index in [0.717, 1.165) is 24.1 Å². The smallest absolute Gasteiger partial charge is 0.414 e. The van der Waals surface area contributed by atoms with E-state index >= 15 is 0 Å². The summed E-state index contributed by atoms with van der Waals surface area (Å²) in [5, 5.41) is 11.6. The highest BCUT2D eigenvalue weighted by Gasteiger charge is 2.52. The molecule has 9 nitrogen and oxygen atoms in total. The Hall–Kier alpha value is -3.41. The van der Waals surface area contributed by atoms with E-state index in [1.165, 1.54) is 13.3 Å². The standard InChI is InChI=1S/C18H18N6O3/c1-19-18(7-8-18)13-3-5-15(6-4-13)24-12-16(27-17(24)25)11-23-10-14(21-22-23)9-20-26-2/h3-6,9-10,16H,7-8,11-12H2,2H3/t16-/m0/s1. The van der Waals surface area contributed by atoms with E-state index < -0.39 is 0 Å². The summed E-state index contributed by atoms with van der Waals surface area (Å²) in [5.74, 6) is 0. The largest absolute Gasteiger partial charge is 0.442 e. The highest BCUT2D eigenvalue weighted by Crippen LogP contribution is 2.49. The minimum Gasteiger partial charge on any atom is -0.442 e. The summed E-state index contributed by atoms with van der Waals surface area (Å²) in [6.07, 6.45) is 4.24. The van der Waals surface area contributed by atoms with Crippen molar-refractivity contribution in [2.24, 2.45) is 5.16 Å². The lowest BCUT2D eigenvalue weighted by molar-refractivity contribution is 0.129. The Morgan fingerprint density at radius 1 is 1.44 bits per heavy atom. The fourth-order valence-electron chi connectivity index (χ4n) is 3.14. The van der Waals surface area contributed by atoms with E-state index in [1.54, 1.807) is 15.8 Å². The first-order valence-corrected chi connectivity index (χ1v) is 8.57. The lowest BCUT2D eigenvalue weighted by Gasteiger charge is -2.13. The van der Waals surface area contributed by atoms with Gasteiger partial charge in [-0.2, -0.15) is 0 Å². The number of carbonyl (C=O) groups is 1. The third-order valence-electron chi connectivity index (χ3n) is 4.77. The molecular weight excluding hydrogens is 348 g/mol. The average molecular weight is 366 g/mol. The van der Waals surface area contributed by atoms with Gasteiger partial charge in [0.25, 0.3) is 5.54 Å². The van der Waals surface area contributed by atoms with Crippen LogP contribution in [0.1, 0.15) is 24.1 Å². The first kappa shape index (κ1) is 17.0.